The summed E-state index contributed by atoms with van der Waals surface area (Å²) < 4.78 is 0. The molecule has 0 aliphatic heterocycles. The van der Waals surface area contributed by atoms with Gasteiger partial charge in [-0.05, 0) is 37.8 Å². The van der Waals surface area contributed by atoms with Gasteiger partial charge in [-0.25, -0.2) is 0 Å². The SMILES string of the molecule is CCc1ccc(NC2CCCC2CN)cc1[N+](=O)[O-]. The molecule has 1 saturated carbocycles. The van der Waals surface area contributed by atoms with Gasteiger partial charge in [0, 0.05) is 23.4 Å². The number of hydrogen-bond acceptors (Lipinski definition) is 4. The van der Waals surface area contributed by atoms with Crippen molar-refractivity contribution < 1.29 is 4.92 Å². The van der Waals surface area contributed by atoms with Gasteiger partial charge < -0.3 is 11.1 Å². The number of nitrogens with zero attached hydrogens (tertiary/aromatic N) is 1. The first-order valence-corrected chi connectivity index (χ1v) is 6.89. The number of aryl methyl sites for hydroxylation is 1. The predicted molar refractivity (Wildman–Crippen MR) is 76.3 cm³/mol. The van der Waals surface area contributed by atoms with Crippen molar-refractivity contribution in [2.24, 2.45) is 11.7 Å². The van der Waals surface area contributed by atoms with Crippen LogP contribution in [0, 0.1) is 16.0 Å². The van der Waals surface area contributed by atoms with Crippen LogP contribution in [0.5, 0.6) is 0 Å². The van der Waals surface area contributed by atoms with Gasteiger partial charge in [0.15, 0.2) is 0 Å². The molecule has 1 fully saturated rings. The summed E-state index contributed by atoms with van der Waals surface area (Å²) in [5.74, 6) is 0.477. The molecule has 1 aromatic carbocycles. The number of nitro groups is 1. The lowest BCUT2D eigenvalue weighted by atomic mass is 10.0. The summed E-state index contributed by atoms with van der Waals surface area (Å²) in [6, 6.07) is 5.76. The number of benzene rings is 1. The Bertz CT molecular complexity index is 462. The molecule has 104 valence electrons. The van der Waals surface area contributed by atoms with Crippen LogP contribution in [0.3, 0.4) is 0 Å². The second-order valence-electron chi connectivity index (χ2n) is 5.13. The van der Waals surface area contributed by atoms with Gasteiger partial charge in [-0.15, -0.1) is 0 Å². The molecule has 0 aromatic heterocycles. The number of hydrogen-bond donors (Lipinski definition) is 2. The fourth-order valence-corrected chi connectivity index (χ4v) is 2.85. The molecule has 1 aromatic rings. The Kier molecular flexibility index (Phi) is 4.37. The normalized spacial score (nSPS) is 22.4. The summed E-state index contributed by atoms with van der Waals surface area (Å²) in [6.07, 6.45) is 4.08. The van der Waals surface area contributed by atoms with Gasteiger partial charge >= 0.3 is 0 Å². The fourth-order valence-electron chi connectivity index (χ4n) is 2.85. The molecule has 2 atom stereocenters. The van der Waals surface area contributed by atoms with Crippen molar-refractivity contribution >= 4 is 11.4 Å². The van der Waals surface area contributed by atoms with Gasteiger partial charge in [-0.3, -0.25) is 10.1 Å². The summed E-state index contributed by atoms with van der Waals surface area (Å²) in [5, 5.41) is 14.5. The maximum Gasteiger partial charge on any atom is 0.274 e. The highest BCUT2D eigenvalue weighted by molar-refractivity contribution is 5.55. The molecule has 0 spiro atoms. The maximum atomic E-state index is 11.0. The second kappa shape index (κ2) is 6.02. The van der Waals surface area contributed by atoms with Gasteiger partial charge in [0.05, 0.1) is 4.92 Å². The molecular weight excluding hydrogens is 242 g/mol. The van der Waals surface area contributed by atoms with E-state index < -0.39 is 0 Å². The van der Waals surface area contributed by atoms with Crippen molar-refractivity contribution in [1.29, 1.82) is 0 Å². The van der Waals surface area contributed by atoms with Gasteiger partial charge in [-0.2, -0.15) is 0 Å². The predicted octanol–water partition coefficient (Wildman–Crippen LogP) is 2.70. The monoisotopic (exact) mass is 263 g/mol. The van der Waals surface area contributed by atoms with Gasteiger partial charge in [0.2, 0.25) is 0 Å². The van der Waals surface area contributed by atoms with Crippen LogP contribution in [0.15, 0.2) is 18.2 Å². The minimum atomic E-state index is -0.306. The molecule has 0 amide bonds. The molecule has 2 unspecified atom stereocenters. The van der Waals surface area contributed by atoms with E-state index in [4.69, 9.17) is 5.73 Å². The first kappa shape index (κ1) is 13.8. The van der Waals surface area contributed by atoms with Crippen LogP contribution < -0.4 is 11.1 Å². The Morgan fingerprint density at radius 3 is 2.89 bits per heavy atom. The average Bonchev–Trinajstić information content (AvgIpc) is 2.85. The summed E-state index contributed by atoms with van der Waals surface area (Å²) in [7, 11) is 0. The fraction of sp³-hybridized carbons (Fsp3) is 0.571. The summed E-state index contributed by atoms with van der Waals surface area (Å²) in [4.78, 5) is 10.7. The van der Waals surface area contributed by atoms with Crippen molar-refractivity contribution in [2.45, 2.75) is 38.6 Å². The van der Waals surface area contributed by atoms with Crippen molar-refractivity contribution in [3.63, 3.8) is 0 Å². The molecule has 0 radical (unpaired) electrons. The summed E-state index contributed by atoms with van der Waals surface area (Å²) in [6.45, 7) is 2.60. The van der Waals surface area contributed by atoms with E-state index in [0.29, 0.717) is 24.9 Å². The van der Waals surface area contributed by atoms with Crippen molar-refractivity contribution in [3.8, 4) is 0 Å². The Morgan fingerprint density at radius 2 is 2.26 bits per heavy atom. The van der Waals surface area contributed by atoms with Crippen LogP contribution in [0.2, 0.25) is 0 Å². The van der Waals surface area contributed by atoms with Crippen molar-refractivity contribution in [3.05, 3.63) is 33.9 Å². The van der Waals surface area contributed by atoms with Gasteiger partial charge in [-0.1, -0.05) is 19.4 Å². The molecular formula is C14H21N3O2. The highest BCUT2D eigenvalue weighted by Gasteiger charge is 2.26. The van der Waals surface area contributed by atoms with E-state index in [9.17, 15) is 10.1 Å². The molecule has 0 saturated heterocycles. The molecule has 3 N–H and O–H groups in total. The van der Waals surface area contributed by atoms with Crippen LogP contribution >= 0.6 is 0 Å². The van der Waals surface area contributed by atoms with Crippen LogP contribution in [0.25, 0.3) is 0 Å². The highest BCUT2D eigenvalue weighted by Crippen LogP contribution is 2.30. The molecule has 0 bridgehead atoms. The standard InChI is InChI=1S/C14H21N3O2/c1-2-10-6-7-12(8-14(10)17(18)19)16-13-5-3-4-11(13)9-15/h6-8,11,13,16H,2-5,9,15H2,1H3. The van der Waals surface area contributed by atoms with Gasteiger partial charge in [0.1, 0.15) is 0 Å². The van der Waals surface area contributed by atoms with E-state index in [0.717, 1.165) is 24.1 Å². The minimum Gasteiger partial charge on any atom is -0.382 e. The highest BCUT2D eigenvalue weighted by atomic mass is 16.6. The van der Waals surface area contributed by atoms with E-state index in [-0.39, 0.29) is 10.6 Å². The topological polar surface area (TPSA) is 81.2 Å². The second-order valence-corrected chi connectivity index (χ2v) is 5.13. The number of nitro benzene ring substituents is 1. The number of nitrogens with two attached hydrogens (primary N) is 1. The van der Waals surface area contributed by atoms with Crippen LogP contribution in [-0.4, -0.2) is 17.5 Å². The van der Waals surface area contributed by atoms with E-state index in [1.807, 2.05) is 19.1 Å². The lowest BCUT2D eigenvalue weighted by Gasteiger charge is -2.20. The van der Waals surface area contributed by atoms with Crippen molar-refractivity contribution in [2.75, 3.05) is 11.9 Å². The van der Waals surface area contributed by atoms with E-state index in [1.54, 1.807) is 6.07 Å². The van der Waals surface area contributed by atoms with Crippen LogP contribution in [0.1, 0.15) is 31.7 Å². The molecule has 1 aliphatic rings. The molecule has 2 rings (SSSR count). The maximum absolute atomic E-state index is 11.0. The average molecular weight is 263 g/mol. The Hall–Kier alpha value is -1.62. The number of nitrogens with one attached hydrogen (secondary N) is 1. The van der Waals surface area contributed by atoms with E-state index in [1.165, 1.54) is 6.42 Å². The molecule has 1 aliphatic carbocycles. The minimum absolute atomic E-state index is 0.204. The third kappa shape index (κ3) is 3.04. The number of anilines is 1. The van der Waals surface area contributed by atoms with Crippen molar-refractivity contribution in [1.82, 2.24) is 0 Å². The summed E-state index contributed by atoms with van der Waals surface area (Å²) in [5.41, 5.74) is 7.56. The molecule has 19 heavy (non-hydrogen) atoms. The molecule has 5 nitrogen and oxygen atoms in total. The lowest BCUT2D eigenvalue weighted by molar-refractivity contribution is -0.385. The quantitative estimate of drug-likeness (QED) is 0.632. The Morgan fingerprint density at radius 1 is 1.47 bits per heavy atom. The zero-order valence-corrected chi connectivity index (χ0v) is 11.3. The smallest absolute Gasteiger partial charge is 0.274 e. The first-order chi connectivity index (χ1) is 9.15. The zero-order chi connectivity index (χ0) is 13.8. The van der Waals surface area contributed by atoms with Crippen LogP contribution in [-0.2, 0) is 6.42 Å². The van der Waals surface area contributed by atoms with Gasteiger partial charge in [0.25, 0.3) is 5.69 Å². The molecule has 5 heteroatoms. The third-order valence-corrected chi connectivity index (χ3v) is 3.98. The number of rotatable bonds is 5. The molecule has 0 heterocycles. The van der Waals surface area contributed by atoms with Crippen LogP contribution in [0.4, 0.5) is 11.4 Å². The lowest BCUT2D eigenvalue weighted by Crippen LogP contribution is -2.29. The zero-order valence-electron chi connectivity index (χ0n) is 11.3. The third-order valence-electron chi connectivity index (χ3n) is 3.98. The Balaban J connectivity index is 2.17. The largest absolute Gasteiger partial charge is 0.382 e. The Labute approximate surface area is 113 Å². The van der Waals surface area contributed by atoms with E-state index >= 15 is 0 Å². The summed E-state index contributed by atoms with van der Waals surface area (Å²) >= 11 is 0. The van der Waals surface area contributed by atoms with E-state index in [2.05, 4.69) is 5.32 Å². The first-order valence-electron chi connectivity index (χ1n) is 6.89.